The van der Waals surface area contributed by atoms with Crippen molar-refractivity contribution in [1.82, 2.24) is 5.32 Å². The molecule has 1 amide bonds. The first-order valence-electron chi connectivity index (χ1n) is 9.90. The van der Waals surface area contributed by atoms with Crippen molar-refractivity contribution in [2.24, 2.45) is 0 Å². The molecular weight excluding hydrogens is 330 g/mol. The number of ether oxygens (including phenoxy) is 1. The van der Waals surface area contributed by atoms with Gasteiger partial charge < -0.3 is 10.1 Å². The Bertz CT molecular complexity index is 569. The lowest BCUT2D eigenvalue weighted by molar-refractivity contribution is -0.127. The number of carbonyl (C=O) groups excluding carboxylic acids is 1. The van der Waals surface area contributed by atoms with E-state index in [2.05, 4.69) is 17.4 Å². The molecule has 0 radical (unpaired) electrons. The van der Waals surface area contributed by atoms with Crippen LogP contribution in [0.25, 0.3) is 0 Å². The molecule has 0 aromatic heterocycles. The fourth-order valence-corrected chi connectivity index (χ4v) is 5.04. The Kier molecular flexibility index (Phi) is 7.09. The van der Waals surface area contributed by atoms with Gasteiger partial charge in [-0.05, 0) is 68.7 Å². The molecule has 2 aliphatic carbocycles. The van der Waals surface area contributed by atoms with Crippen LogP contribution in [0.3, 0.4) is 0 Å². The van der Waals surface area contributed by atoms with Crippen LogP contribution in [0.1, 0.15) is 63.0 Å². The molecule has 1 aromatic carbocycles. The highest BCUT2D eigenvalue weighted by molar-refractivity contribution is 7.99. The standard InChI is InChI=1S/C21H31NO2S/c1-16(21(23)22-13-14-25-20-9-3-2-4-10-20)24-19-12-11-17-7-5-6-8-18(17)15-19/h11-12,15-16,20H,2-10,13-14H2,1H3,(H,22,23). The van der Waals surface area contributed by atoms with E-state index in [4.69, 9.17) is 4.74 Å². The summed E-state index contributed by atoms with van der Waals surface area (Å²) in [6.07, 6.45) is 11.2. The SMILES string of the molecule is CC(Oc1ccc2c(c1)CCCC2)C(=O)NCCSC1CCCCC1. The van der Waals surface area contributed by atoms with E-state index in [1.54, 1.807) is 0 Å². The Balaban J connectivity index is 1.38. The molecule has 1 unspecified atom stereocenters. The van der Waals surface area contributed by atoms with Crippen molar-refractivity contribution in [3.63, 3.8) is 0 Å². The number of fused-ring (bicyclic) bond motifs is 1. The molecule has 0 saturated heterocycles. The fraction of sp³-hybridized carbons (Fsp3) is 0.667. The zero-order valence-electron chi connectivity index (χ0n) is 15.4. The number of carbonyl (C=O) groups is 1. The number of hydrogen-bond acceptors (Lipinski definition) is 3. The summed E-state index contributed by atoms with van der Waals surface area (Å²) in [7, 11) is 0. The van der Waals surface area contributed by atoms with E-state index in [0.29, 0.717) is 0 Å². The van der Waals surface area contributed by atoms with Gasteiger partial charge in [-0.25, -0.2) is 0 Å². The predicted molar refractivity (Wildman–Crippen MR) is 106 cm³/mol. The largest absolute Gasteiger partial charge is 0.481 e. The third kappa shape index (κ3) is 5.67. The van der Waals surface area contributed by atoms with Crippen molar-refractivity contribution in [1.29, 1.82) is 0 Å². The molecule has 0 bridgehead atoms. The fourth-order valence-electron chi connectivity index (χ4n) is 3.82. The normalized spacial score (nSPS) is 19.1. The van der Waals surface area contributed by atoms with Gasteiger partial charge in [-0.1, -0.05) is 25.3 Å². The highest BCUT2D eigenvalue weighted by atomic mass is 32.2. The van der Waals surface area contributed by atoms with Gasteiger partial charge >= 0.3 is 0 Å². The second-order valence-electron chi connectivity index (χ2n) is 7.32. The van der Waals surface area contributed by atoms with Gasteiger partial charge in [0.2, 0.25) is 0 Å². The number of benzene rings is 1. The Morgan fingerprint density at radius 3 is 2.72 bits per heavy atom. The van der Waals surface area contributed by atoms with Crippen LogP contribution in [-0.4, -0.2) is 29.6 Å². The molecule has 3 rings (SSSR count). The molecule has 2 aliphatic rings. The van der Waals surface area contributed by atoms with Crippen LogP contribution in [0.4, 0.5) is 0 Å². The van der Waals surface area contributed by atoms with Crippen molar-refractivity contribution in [3.8, 4) is 5.75 Å². The van der Waals surface area contributed by atoms with Crippen LogP contribution in [0, 0.1) is 0 Å². The van der Waals surface area contributed by atoms with Crippen LogP contribution < -0.4 is 10.1 Å². The number of aryl methyl sites for hydroxylation is 2. The second-order valence-corrected chi connectivity index (χ2v) is 8.73. The summed E-state index contributed by atoms with van der Waals surface area (Å²) in [6.45, 7) is 2.57. The maximum Gasteiger partial charge on any atom is 0.260 e. The molecular formula is C21H31NO2S. The van der Waals surface area contributed by atoms with E-state index >= 15 is 0 Å². The van der Waals surface area contributed by atoms with E-state index in [-0.39, 0.29) is 5.91 Å². The van der Waals surface area contributed by atoms with Crippen LogP contribution in [0.5, 0.6) is 5.75 Å². The first-order chi connectivity index (χ1) is 12.2. The number of nitrogens with one attached hydrogen (secondary N) is 1. The summed E-state index contributed by atoms with van der Waals surface area (Å²) in [5.41, 5.74) is 2.83. The maximum atomic E-state index is 12.2. The molecule has 3 nitrogen and oxygen atoms in total. The third-order valence-corrected chi connectivity index (χ3v) is 6.69. The highest BCUT2D eigenvalue weighted by Crippen LogP contribution is 2.28. The Hall–Kier alpha value is -1.16. The number of thioether (sulfide) groups is 1. The Labute approximate surface area is 156 Å². The molecule has 0 heterocycles. The van der Waals surface area contributed by atoms with Crippen molar-refractivity contribution < 1.29 is 9.53 Å². The van der Waals surface area contributed by atoms with Gasteiger partial charge in [0.15, 0.2) is 6.10 Å². The summed E-state index contributed by atoms with van der Waals surface area (Å²) in [5.74, 6) is 1.81. The minimum Gasteiger partial charge on any atom is -0.481 e. The van der Waals surface area contributed by atoms with Gasteiger partial charge in [0, 0.05) is 17.5 Å². The zero-order chi connectivity index (χ0) is 17.5. The lowest BCUT2D eigenvalue weighted by Crippen LogP contribution is -2.37. The van der Waals surface area contributed by atoms with Crippen molar-refractivity contribution in [3.05, 3.63) is 29.3 Å². The van der Waals surface area contributed by atoms with Crippen LogP contribution in [0.15, 0.2) is 18.2 Å². The molecule has 25 heavy (non-hydrogen) atoms. The van der Waals surface area contributed by atoms with Crippen LogP contribution >= 0.6 is 11.8 Å². The van der Waals surface area contributed by atoms with Crippen molar-refractivity contribution >= 4 is 17.7 Å². The summed E-state index contributed by atoms with van der Waals surface area (Å²) in [5, 5.41) is 3.82. The molecule has 0 aliphatic heterocycles. The molecule has 0 spiro atoms. The molecule has 1 atom stereocenters. The number of amides is 1. The average Bonchev–Trinajstić information content (AvgIpc) is 2.65. The Morgan fingerprint density at radius 1 is 1.16 bits per heavy atom. The first kappa shape index (κ1) is 18.6. The summed E-state index contributed by atoms with van der Waals surface area (Å²) in [4.78, 5) is 12.2. The van der Waals surface area contributed by atoms with E-state index in [0.717, 1.165) is 29.7 Å². The zero-order valence-corrected chi connectivity index (χ0v) is 16.2. The van der Waals surface area contributed by atoms with Gasteiger partial charge in [0.05, 0.1) is 0 Å². The van der Waals surface area contributed by atoms with E-state index in [9.17, 15) is 4.79 Å². The van der Waals surface area contributed by atoms with Gasteiger partial charge in [-0.15, -0.1) is 0 Å². The minimum atomic E-state index is -0.443. The molecule has 1 N–H and O–H groups in total. The lowest BCUT2D eigenvalue weighted by Gasteiger charge is -2.21. The van der Waals surface area contributed by atoms with E-state index in [1.807, 2.05) is 24.8 Å². The summed E-state index contributed by atoms with van der Waals surface area (Å²) >= 11 is 2.01. The number of rotatable bonds is 7. The maximum absolute atomic E-state index is 12.2. The smallest absolute Gasteiger partial charge is 0.260 e. The molecule has 1 fully saturated rings. The molecule has 4 heteroatoms. The van der Waals surface area contributed by atoms with Crippen molar-refractivity contribution in [2.75, 3.05) is 12.3 Å². The number of hydrogen-bond donors (Lipinski definition) is 1. The van der Waals surface area contributed by atoms with Crippen molar-refractivity contribution in [2.45, 2.75) is 76.1 Å². The van der Waals surface area contributed by atoms with Crippen LogP contribution in [0.2, 0.25) is 0 Å². The summed E-state index contributed by atoms with van der Waals surface area (Å²) < 4.78 is 5.87. The molecule has 1 aromatic rings. The average molecular weight is 362 g/mol. The highest BCUT2D eigenvalue weighted by Gasteiger charge is 2.17. The third-order valence-electron chi connectivity index (χ3n) is 5.31. The molecule has 138 valence electrons. The van der Waals surface area contributed by atoms with Gasteiger partial charge in [-0.2, -0.15) is 11.8 Å². The first-order valence-corrected chi connectivity index (χ1v) is 10.9. The van der Waals surface area contributed by atoms with Gasteiger partial charge in [-0.3, -0.25) is 4.79 Å². The second kappa shape index (κ2) is 9.51. The Morgan fingerprint density at radius 2 is 1.92 bits per heavy atom. The van der Waals surface area contributed by atoms with E-state index in [1.165, 1.54) is 62.5 Å². The van der Waals surface area contributed by atoms with Gasteiger partial charge in [0.25, 0.3) is 5.91 Å². The minimum absolute atomic E-state index is 0.0121. The van der Waals surface area contributed by atoms with Crippen LogP contribution in [-0.2, 0) is 17.6 Å². The molecule has 1 saturated carbocycles. The monoisotopic (exact) mass is 361 g/mol. The lowest BCUT2D eigenvalue weighted by atomic mass is 9.92. The van der Waals surface area contributed by atoms with Gasteiger partial charge in [0.1, 0.15) is 5.75 Å². The predicted octanol–water partition coefficient (Wildman–Crippen LogP) is 4.51. The quantitative estimate of drug-likeness (QED) is 0.726. The summed E-state index contributed by atoms with van der Waals surface area (Å²) in [6, 6.07) is 6.29. The topological polar surface area (TPSA) is 38.3 Å². The van der Waals surface area contributed by atoms with E-state index < -0.39 is 6.10 Å².